The molecule has 0 saturated heterocycles. The number of ether oxygens (including phenoxy) is 2. The molecule has 0 bridgehead atoms. The van der Waals surface area contributed by atoms with Gasteiger partial charge in [0.1, 0.15) is 5.75 Å². The zero-order valence-corrected chi connectivity index (χ0v) is 13.6. The number of anilines is 1. The smallest absolute Gasteiger partial charge is 0.422 e. The highest BCUT2D eigenvalue weighted by Gasteiger charge is 2.28. The van der Waals surface area contributed by atoms with Gasteiger partial charge in [-0.15, -0.1) is 12.4 Å². The van der Waals surface area contributed by atoms with Crippen molar-refractivity contribution in [1.29, 1.82) is 0 Å². The van der Waals surface area contributed by atoms with Crippen LogP contribution in [0.1, 0.15) is 5.56 Å². The molecule has 0 saturated carbocycles. The largest absolute Gasteiger partial charge is 0.484 e. The summed E-state index contributed by atoms with van der Waals surface area (Å²) < 4.78 is 45.8. The van der Waals surface area contributed by atoms with Gasteiger partial charge in [-0.2, -0.15) is 13.2 Å². The van der Waals surface area contributed by atoms with Gasteiger partial charge in [0.25, 0.3) is 0 Å². The number of amides is 1. The van der Waals surface area contributed by atoms with Gasteiger partial charge in [-0.3, -0.25) is 4.79 Å². The lowest BCUT2D eigenvalue weighted by Crippen LogP contribution is -2.30. The van der Waals surface area contributed by atoms with Crippen molar-refractivity contribution < 1.29 is 27.4 Å². The van der Waals surface area contributed by atoms with Gasteiger partial charge < -0.3 is 20.1 Å². The maximum atomic E-state index is 12.1. The number of nitrogens with one attached hydrogen (secondary N) is 2. The Kier molecular flexibility index (Phi) is 9.62. The molecule has 0 aliphatic rings. The molecular formula is C14H20ClF3N2O3. The van der Waals surface area contributed by atoms with Gasteiger partial charge in [-0.25, -0.2) is 0 Å². The first kappa shape index (κ1) is 21.5. The van der Waals surface area contributed by atoms with E-state index >= 15 is 0 Å². The minimum atomic E-state index is -4.38. The SMILES string of the molecule is COCCNCC(=O)Nc1ccc(OCC(F)(F)F)c(C)c1.Cl. The average Bonchev–Trinajstić information content (AvgIpc) is 2.42. The standard InChI is InChI=1S/C14H19F3N2O3.ClH/c1-10-7-11(19-13(20)8-18-5-6-21-2)3-4-12(10)22-9-14(15,16)17;/h3-4,7,18H,5-6,8-9H2,1-2H3,(H,19,20);1H. The Labute approximate surface area is 138 Å². The van der Waals surface area contributed by atoms with Crippen LogP contribution in [0.25, 0.3) is 0 Å². The molecule has 0 spiro atoms. The average molecular weight is 357 g/mol. The van der Waals surface area contributed by atoms with Crippen LogP contribution in [0.15, 0.2) is 18.2 Å². The zero-order chi connectivity index (χ0) is 16.6. The third-order valence-corrected chi connectivity index (χ3v) is 2.62. The molecule has 0 aliphatic carbocycles. The predicted molar refractivity (Wildman–Crippen MR) is 83.4 cm³/mol. The van der Waals surface area contributed by atoms with E-state index in [2.05, 4.69) is 15.4 Å². The Morgan fingerprint density at radius 2 is 2.00 bits per heavy atom. The molecule has 9 heteroatoms. The van der Waals surface area contributed by atoms with Crippen LogP contribution in [0, 0.1) is 6.92 Å². The van der Waals surface area contributed by atoms with Gasteiger partial charge in [0.05, 0.1) is 13.2 Å². The van der Waals surface area contributed by atoms with E-state index < -0.39 is 12.8 Å². The van der Waals surface area contributed by atoms with Gasteiger partial charge in [-0.05, 0) is 30.7 Å². The molecule has 2 N–H and O–H groups in total. The summed E-state index contributed by atoms with van der Waals surface area (Å²) in [6, 6.07) is 4.44. The molecule has 1 aromatic carbocycles. The second-order valence-electron chi connectivity index (χ2n) is 4.60. The molecule has 0 radical (unpaired) electrons. The first-order valence-electron chi connectivity index (χ1n) is 6.61. The third kappa shape index (κ3) is 9.27. The topological polar surface area (TPSA) is 59.6 Å². The first-order chi connectivity index (χ1) is 10.3. The number of carbonyl (C=O) groups excluding carboxylic acids is 1. The molecule has 1 aromatic rings. The van der Waals surface area contributed by atoms with E-state index in [4.69, 9.17) is 4.74 Å². The van der Waals surface area contributed by atoms with Crippen LogP contribution in [-0.4, -0.2) is 45.5 Å². The maximum absolute atomic E-state index is 12.1. The monoisotopic (exact) mass is 356 g/mol. The Bertz CT molecular complexity index is 499. The van der Waals surface area contributed by atoms with Crippen molar-refractivity contribution in [3.63, 3.8) is 0 Å². The van der Waals surface area contributed by atoms with Gasteiger partial charge in [0.15, 0.2) is 6.61 Å². The fourth-order valence-electron chi connectivity index (χ4n) is 1.63. The van der Waals surface area contributed by atoms with E-state index in [0.29, 0.717) is 24.4 Å². The molecule has 0 fully saturated rings. The number of aryl methyl sites for hydroxylation is 1. The highest BCUT2D eigenvalue weighted by Crippen LogP contribution is 2.24. The molecule has 23 heavy (non-hydrogen) atoms. The van der Waals surface area contributed by atoms with Crippen LogP contribution < -0.4 is 15.4 Å². The Balaban J connectivity index is 0.00000484. The Hall–Kier alpha value is -1.51. The van der Waals surface area contributed by atoms with Gasteiger partial charge in [-0.1, -0.05) is 0 Å². The number of methoxy groups -OCH3 is 1. The van der Waals surface area contributed by atoms with E-state index in [-0.39, 0.29) is 30.6 Å². The number of halogens is 4. The lowest BCUT2D eigenvalue weighted by atomic mass is 10.2. The van der Waals surface area contributed by atoms with Crippen LogP contribution in [0.2, 0.25) is 0 Å². The van der Waals surface area contributed by atoms with Gasteiger partial charge in [0.2, 0.25) is 5.91 Å². The summed E-state index contributed by atoms with van der Waals surface area (Å²) in [6.07, 6.45) is -4.38. The van der Waals surface area contributed by atoms with Crippen molar-refractivity contribution in [2.24, 2.45) is 0 Å². The maximum Gasteiger partial charge on any atom is 0.422 e. The minimum Gasteiger partial charge on any atom is -0.484 e. The molecule has 0 heterocycles. The second-order valence-corrected chi connectivity index (χ2v) is 4.60. The third-order valence-electron chi connectivity index (χ3n) is 2.62. The number of hydrogen-bond donors (Lipinski definition) is 2. The predicted octanol–water partition coefficient (Wildman–Crippen LogP) is 2.53. The molecule has 132 valence electrons. The van der Waals surface area contributed by atoms with Crippen molar-refractivity contribution >= 4 is 24.0 Å². The van der Waals surface area contributed by atoms with Crippen molar-refractivity contribution in [1.82, 2.24) is 5.32 Å². The molecular weight excluding hydrogens is 337 g/mol. The highest BCUT2D eigenvalue weighted by molar-refractivity contribution is 5.92. The Morgan fingerprint density at radius 1 is 1.30 bits per heavy atom. The summed E-state index contributed by atoms with van der Waals surface area (Å²) in [6.45, 7) is 1.43. The van der Waals surface area contributed by atoms with E-state index in [1.165, 1.54) is 12.1 Å². The zero-order valence-electron chi connectivity index (χ0n) is 12.8. The fourth-order valence-corrected chi connectivity index (χ4v) is 1.63. The van der Waals surface area contributed by atoms with E-state index in [1.54, 1.807) is 20.1 Å². The highest BCUT2D eigenvalue weighted by atomic mass is 35.5. The molecule has 5 nitrogen and oxygen atoms in total. The Morgan fingerprint density at radius 3 is 2.57 bits per heavy atom. The summed E-state index contributed by atoms with van der Waals surface area (Å²) in [4.78, 5) is 11.6. The van der Waals surface area contributed by atoms with Crippen LogP contribution in [-0.2, 0) is 9.53 Å². The quantitative estimate of drug-likeness (QED) is 0.703. The summed E-state index contributed by atoms with van der Waals surface area (Å²) >= 11 is 0. The molecule has 0 atom stereocenters. The van der Waals surface area contributed by atoms with Crippen molar-refractivity contribution in [2.75, 3.05) is 38.7 Å². The lowest BCUT2D eigenvalue weighted by molar-refractivity contribution is -0.153. The van der Waals surface area contributed by atoms with E-state index in [9.17, 15) is 18.0 Å². The van der Waals surface area contributed by atoms with Crippen LogP contribution in [0.5, 0.6) is 5.75 Å². The van der Waals surface area contributed by atoms with Crippen LogP contribution >= 0.6 is 12.4 Å². The van der Waals surface area contributed by atoms with Crippen molar-refractivity contribution in [3.8, 4) is 5.75 Å². The second kappa shape index (κ2) is 10.3. The number of carbonyl (C=O) groups is 1. The van der Waals surface area contributed by atoms with E-state index in [1.807, 2.05) is 0 Å². The molecule has 0 unspecified atom stereocenters. The number of benzene rings is 1. The minimum absolute atomic E-state index is 0. The number of alkyl halides is 3. The summed E-state index contributed by atoms with van der Waals surface area (Å²) in [5.74, 6) is -0.118. The fraction of sp³-hybridized carbons (Fsp3) is 0.500. The van der Waals surface area contributed by atoms with Crippen molar-refractivity contribution in [3.05, 3.63) is 23.8 Å². The van der Waals surface area contributed by atoms with E-state index in [0.717, 1.165) is 0 Å². The summed E-state index contributed by atoms with van der Waals surface area (Å²) in [5, 5.41) is 5.52. The normalized spacial score (nSPS) is 10.8. The van der Waals surface area contributed by atoms with Crippen LogP contribution in [0.3, 0.4) is 0 Å². The first-order valence-corrected chi connectivity index (χ1v) is 6.61. The van der Waals surface area contributed by atoms with Crippen LogP contribution in [0.4, 0.5) is 18.9 Å². The molecule has 1 amide bonds. The van der Waals surface area contributed by atoms with Gasteiger partial charge in [0, 0.05) is 19.3 Å². The summed E-state index contributed by atoms with van der Waals surface area (Å²) in [5.41, 5.74) is 1.00. The van der Waals surface area contributed by atoms with Gasteiger partial charge >= 0.3 is 6.18 Å². The van der Waals surface area contributed by atoms with Crippen molar-refractivity contribution in [2.45, 2.75) is 13.1 Å². The molecule has 0 aromatic heterocycles. The number of hydrogen-bond acceptors (Lipinski definition) is 4. The lowest BCUT2D eigenvalue weighted by Gasteiger charge is -2.13. The molecule has 0 aliphatic heterocycles. The number of rotatable bonds is 8. The summed E-state index contributed by atoms with van der Waals surface area (Å²) in [7, 11) is 1.56. The molecule has 1 rings (SSSR count).